The van der Waals surface area contributed by atoms with Gasteiger partial charge in [-0.15, -0.1) is 0 Å². The number of aromatic amines is 1. The Bertz CT molecular complexity index is 1130. The lowest BCUT2D eigenvalue weighted by Gasteiger charge is -2.26. The summed E-state index contributed by atoms with van der Waals surface area (Å²) in [6.45, 7) is 2.93. The standard InChI is InChI=1S/C22H22FN3O2/c23-18-8-6-16(7-9-18)17-10-14-25(15-11-17)12-3-13-26-21(27)19-4-1-2-5-20(19)24-22(26)28/h1-2,4-10H,3,11-15H2,(H,24,28). The van der Waals surface area contributed by atoms with E-state index in [2.05, 4.69) is 16.0 Å². The number of halogens is 1. The van der Waals surface area contributed by atoms with E-state index < -0.39 is 0 Å². The van der Waals surface area contributed by atoms with Crippen LogP contribution in [-0.4, -0.2) is 34.1 Å². The van der Waals surface area contributed by atoms with E-state index in [1.165, 1.54) is 22.3 Å². The third kappa shape index (κ3) is 3.82. The van der Waals surface area contributed by atoms with Crippen LogP contribution in [0.1, 0.15) is 18.4 Å². The van der Waals surface area contributed by atoms with Gasteiger partial charge in [0.15, 0.2) is 0 Å². The summed E-state index contributed by atoms with van der Waals surface area (Å²) in [6.07, 6.45) is 3.80. The van der Waals surface area contributed by atoms with Crippen molar-refractivity contribution in [3.8, 4) is 0 Å². The summed E-state index contributed by atoms with van der Waals surface area (Å²) in [5.41, 5.74) is 2.27. The molecule has 2 aromatic carbocycles. The summed E-state index contributed by atoms with van der Waals surface area (Å²) in [5, 5.41) is 0.534. The third-order valence-electron chi connectivity index (χ3n) is 5.25. The molecule has 0 amide bonds. The Morgan fingerprint density at radius 1 is 1.00 bits per heavy atom. The molecule has 1 aromatic heterocycles. The van der Waals surface area contributed by atoms with Crippen molar-refractivity contribution in [2.24, 2.45) is 0 Å². The molecular weight excluding hydrogens is 357 g/mol. The van der Waals surface area contributed by atoms with Crippen LogP contribution >= 0.6 is 0 Å². The fourth-order valence-electron chi connectivity index (χ4n) is 3.69. The summed E-state index contributed by atoms with van der Waals surface area (Å²) >= 11 is 0. The van der Waals surface area contributed by atoms with Crippen molar-refractivity contribution in [3.05, 3.63) is 86.8 Å². The molecule has 4 rings (SSSR count). The second-order valence-corrected chi connectivity index (χ2v) is 7.07. The van der Waals surface area contributed by atoms with Crippen LogP contribution in [0.15, 0.2) is 64.2 Å². The molecule has 144 valence electrons. The maximum atomic E-state index is 13.1. The van der Waals surface area contributed by atoms with E-state index in [1.54, 1.807) is 24.3 Å². The van der Waals surface area contributed by atoms with E-state index >= 15 is 0 Å². The molecule has 0 unspecified atom stereocenters. The lowest BCUT2D eigenvalue weighted by atomic mass is 9.99. The van der Waals surface area contributed by atoms with Crippen molar-refractivity contribution in [2.45, 2.75) is 19.4 Å². The predicted molar refractivity (Wildman–Crippen MR) is 109 cm³/mol. The summed E-state index contributed by atoms with van der Waals surface area (Å²) < 4.78 is 14.3. The number of fused-ring (bicyclic) bond motifs is 1. The Hall–Kier alpha value is -2.99. The van der Waals surface area contributed by atoms with E-state index in [4.69, 9.17) is 0 Å². The minimum atomic E-state index is -0.360. The Labute approximate surface area is 161 Å². The molecule has 0 radical (unpaired) electrons. The molecule has 0 fully saturated rings. The fourth-order valence-corrected chi connectivity index (χ4v) is 3.69. The fraction of sp³-hybridized carbons (Fsp3) is 0.273. The summed E-state index contributed by atoms with van der Waals surface area (Å²) in [7, 11) is 0. The van der Waals surface area contributed by atoms with Gasteiger partial charge in [-0.05, 0) is 48.2 Å². The number of H-pyrrole nitrogens is 1. The quantitative estimate of drug-likeness (QED) is 0.741. The molecule has 6 heteroatoms. The van der Waals surface area contributed by atoms with Crippen molar-refractivity contribution in [1.29, 1.82) is 0 Å². The zero-order valence-electron chi connectivity index (χ0n) is 15.5. The Kier molecular flexibility index (Phi) is 5.21. The monoisotopic (exact) mass is 379 g/mol. The highest BCUT2D eigenvalue weighted by Crippen LogP contribution is 2.22. The number of nitrogens with zero attached hydrogens (tertiary/aromatic N) is 2. The number of benzene rings is 2. The molecule has 0 saturated heterocycles. The second-order valence-electron chi connectivity index (χ2n) is 7.07. The van der Waals surface area contributed by atoms with Gasteiger partial charge in [-0.25, -0.2) is 9.18 Å². The van der Waals surface area contributed by atoms with Crippen molar-refractivity contribution in [2.75, 3.05) is 19.6 Å². The summed E-state index contributed by atoms with van der Waals surface area (Å²) in [5.74, 6) is -0.222. The maximum absolute atomic E-state index is 13.1. The molecule has 1 aliphatic rings. The van der Waals surface area contributed by atoms with E-state index in [-0.39, 0.29) is 17.1 Å². The van der Waals surface area contributed by atoms with Gasteiger partial charge in [0.05, 0.1) is 10.9 Å². The highest BCUT2D eigenvalue weighted by molar-refractivity contribution is 5.76. The van der Waals surface area contributed by atoms with E-state index in [1.807, 2.05) is 12.1 Å². The normalized spacial score (nSPS) is 15.0. The molecule has 28 heavy (non-hydrogen) atoms. The van der Waals surface area contributed by atoms with Gasteiger partial charge >= 0.3 is 5.69 Å². The second kappa shape index (κ2) is 7.94. The Balaban J connectivity index is 1.38. The number of aromatic nitrogens is 2. The van der Waals surface area contributed by atoms with Crippen LogP contribution in [0.25, 0.3) is 16.5 Å². The van der Waals surface area contributed by atoms with Crippen LogP contribution in [0.4, 0.5) is 4.39 Å². The van der Waals surface area contributed by atoms with Gasteiger partial charge in [0.25, 0.3) is 5.56 Å². The first-order valence-corrected chi connectivity index (χ1v) is 9.51. The van der Waals surface area contributed by atoms with Crippen molar-refractivity contribution in [3.63, 3.8) is 0 Å². The number of nitrogens with one attached hydrogen (secondary N) is 1. The van der Waals surface area contributed by atoms with Gasteiger partial charge < -0.3 is 4.98 Å². The van der Waals surface area contributed by atoms with Gasteiger partial charge in [0.1, 0.15) is 5.82 Å². The molecule has 1 N–H and O–H groups in total. The lowest BCUT2D eigenvalue weighted by Crippen LogP contribution is -2.36. The van der Waals surface area contributed by atoms with Crippen LogP contribution in [0, 0.1) is 5.82 Å². The van der Waals surface area contributed by atoms with E-state index in [9.17, 15) is 14.0 Å². The predicted octanol–water partition coefficient (Wildman–Crippen LogP) is 3.01. The Morgan fingerprint density at radius 3 is 2.54 bits per heavy atom. The molecule has 3 aromatic rings. The molecule has 5 nitrogen and oxygen atoms in total. The maximum Gasteiger partial charge on any atom is 0.328 e. The van der Waals surface area contributed by atoms with Crippen molar-refractivity contribution >= 4 is 16.5 Å². The third-order valence-corrected chi connectivity index (χ3v) is 5.25. The average molecular weight is 379 g/mol. The number of para-hydroxylation sites is 1. The van der Waals surface area contributed by atoms with Crippen LogP contribution in [0.3, 0.4) is 0 Å². The zero-order valence-corrected chi connectivity index (χ0v) is 15.5. The van der Waals surface area contributed by atoms with Gasteiger partial charge in [-0.1, -0.05) is 30.3 Å². The van der Waals surface area contributed by atoms with Gasteiger partial charge in [0, 0.05) is 26.2 Å². The van der Waals surface area contributed by atoms with Gasteiger partial charge in [-0.3, -0.25) is 14.3 Å². The smallest absolute Gasteiger partial charge is 0.307 e. The molecule has 0 aliphatic carbocycles. The van der Waals surface area contributed by atoms with Crippen molar-refractivity contribution < 1.29 is 4.39 Å². The molecule has 0 bridgehead atoms. The highest BCUT2D eigenvalue weighted by Gasteiger charge is 2.13. The SMILES string of the molecule is O=c1[nH]c2ccccc2c(=O)n1CCCN1CC=C(c2ccc(F)cc2)CC1. The zero-order chi connectivity index (χ0) is 19.5. The largest absolute Gasteiger partial charge is 0.328 e. The average Bonchev–Trinajstić information content (AvgIpc) is 2.71. The molecule has 1 aliphatic heterocycles. The number of hydrogen-bond acceptors (Lipinski definition) is 3. The summed E-state index contributed by atoms with van der Waals surface area (Å²) in [6, 6.07) is 13.7. The molecule has 2 heterocycles. The minimum Gasteiger partial charge on any atom is -0.307 e. The lowest BCUT2D eigenvalue weighted by molar-refractivity contribution is 0.290. The van der Waals surface area contributed by atoms with Crippen LogP contribution in [0.5, 0.6) is 0 Å². The van der Waals surface area contributed by atoms with E-state index in [0.717, 1.165) is 38.0 Å². The molecular formula is C22H22FN3O2. The first-order valence-electron chi connectivity index (χ1n) is 9.51. The Morgan fingerprint density at radius 2 is 1.79 bits per heavy atom. The van der Waals surface area contributed by atoms with Crippen molar-refractivity contribution in [1.82, 2.24) is 14.5 Å². The van der Waals surface area contributed by atoms with Crippen LogP contribution in [0.2, 0.25) is 0 Å². The van der Waals surface area contributed by atoms with E-state index in [0.29, 0.717) is 17.4 Å². The minimum absolute atomic E-state index is 0.222. The topological polar surface area (TPSA) is 58.1 Å². The molecule has 0 saturated carbocycles. The first-order chi connectivity index (χ1) is 13.6. The van der Waals surface area contributed by atoms with Crippen LogP contribution < -0.4 is 11.2 Å². The van der Waals surface area contributed by atoms with Crippen LogP contribution in [-0.2, 0) is 6.54 Å². The van der Waals surface area contributed by atoms with Gasteiger partial charge in [0.2, 0.25) is 0 Å². The first kappa shape index (κ1) is 18.4. The van der Waals surface area contributed by atoms with Gasteiger partial charge in [-0.2, -0.15) is 0 Å². The highest BCUT2D eigenvalue weighted by atomic mass is 19.1. The number of hydrogen-bond donors (Lipinski definition) is 1. The number of rotatable bonds is 5. The summed E-state index contributed by atoms with van der Waals surface area (Å²) in [4.78, 5) is 29.8. The molecule has 0 atom stereocenters. The molecule has 0 spiro atoms.